The molecular weight excluding hydrogens is 383 g/mol. The zero-order chi connectivity index (χ0) is 18.1. The quantitative estimate of drug-likeness (QED) is 0.545. The van der Waals surface area contributed by atoms with Crippen LogP contribution in [0.2, 0.25) is 10.2 Å². The van der Waals surface area contributed by atoms with E-state index in [9.17, 15) is 4.79 Å². The maximum absolute atomic E-state index is 12.1. The van der Waals surface area contributed by atoms with Gasteiger partial charge in [-0.1, -0.05) is 29.3 Å². The number of benzene rings is 1. The van der Waals surface area contributed by atoms with E-state index in [2.05, 4.69) is 20.4 Å². The summed E-state index contributed by atoms with van der Waals surface area (Å²) in [5.41, 5.74) is 1.77. The van der Waals surface area contributed by atoms with Crippen LogP contribution in [0.15, 0.2) is 34.2 Å². The second-order valence-corrected chi connectivity index (χ2v) is 6.34. The fraction of sp³-hybridized carbons (Fsp3) is 0.133. The van der Waals surface area contributed by atoms with Crippen LogP contribution in [-0.2, 0) is 0 Å². The maximum atomic E-state index is 12.1. The van der Waals surface area contributed by atoms with Crippen molar-refractivity contribution < 1.29 is 0 Å². The highest BCUT2D eigenvalue weighted by Crippen LogP contribution is 2.23. The molecule has 0 aliphatic carbocycles. The summed E-state index contributed by atoms with van der Waals surface area (Å²) in [7, 11) is 0. The third-order valence-electron chi connectivity index (χ3n) is 3.42. The summed E-state index contributed by atoms with van der Waals surface area (Å²) in [5, 5.41) is 15.8. The van der Waals surface area contributed by atoms with Gasteiger partial charge in [0.1, 0.15) is 10.8 Å². The van der Waals surface area contributed by atoms with Crippen LogP contribution in [0.3, 0.4) is 0 Å². The fourth-order valence-corrected chi connectivity index (χ4v) is 2.81. The monoisotopic (exact) mass is 394 g/mol. The summed E-state index contributed by atoms with van der Waals surface area (Å²) in [6.07, 6.45) is 1.44. The fourth-order valence-electron chi connectivity index (χ4n) is 2.13. The van der Waals surface area contributed by atoms with Gasteiger partial charge in [0, 0.05) is 5.02 Å². The molecule has 0 amide bonds. The Balaban J connectivity index is 2.07. The summed E-state index contributed by atoms with van der Waals surface area (Å²) in [5.74, 6) is 0. The van der Waals surface area contributed by atoms with Crippen LogP contribution in [0.4, 0.5) is 0 Å². The van der Waals surface area contributed by atoms with E-state index in [0.29, 0.717) is 21.4 Å². The first kappa shape index (κ1) is 17.5. The van der Waals surface area contributed by atoms with E-state index in [1.807, 2.05) is 6.07 Å². The molecule has 0 saturated carbocycles. The van der Waals surface area contributed by atoms with E-state index in [4.69, 9.17) is 35.4 Å². The zero-order valence-corrected chi connectivity index (χ0v) is 15.5. The lowest BCUT2D eigenvalue weighted by Crippen LogP contribution is -2.22. The molecule has 0 saturated heterocycles. The molecule has 3 rings (SSSR count). The minimum Gasteiger partial charge on any atom is -0.265 e. The molecule has 7 nitrogen and oxygen atoms in total. The summed E-state index contributed by atoms with van der Waals surface area (Å²) in [6, 6.07) is 7.14. The van der Waals surface area contributed by atoms with Crippen molar-refractivity contribution in [3.63, 3.8) is 0 Å². The molecule has 2 heterocycles. The molecule has 10 heteroatoms. The van der Waals surface area contributed by atoms with E-state index < -0.39 is 5.56 Å². The van der Waals surface area contributed by atoms with E-state index >= 15 is 0 Å². The van der Waals surface area contributed by atoms with Gasteiger partial charge in [-0.15, -0.1) is 0 Å². The molecule has 0 unspecified atom stereocenters. The Hall–Kier alpha value is -2.29. The van der Waals surface area contributed by atoms with Crippen molar-refractivity contribution in [1.29, 1.82) is 0 Å². The van der Waals surface area contributed by atoms with Crippen LogP contribution in [0, 0.1) is 18.6 Å². The third-order valence-corrected chi connectivity index (χ3v) is 4.28. The number of aryl methyl sites for hydroxylation is 2. The number of aromatic nitrogens is 5. The van der Waals surface area contributed by atoms with Crippen molar-refractivity contribution in [1.82, 2.24) is 24.7 Å². The minimum atomic E-state index is -0.406. The Morgan fingerprint density at radius 2 is 2.04 bits per heavy atom. The summed E-state index contributed by atoms with van der Waals surface area (Å²) >= 11 is 17.5. The van der Waals surface area contributed by atoms with Gasteiger partial charge in [-0.25, -0.2) is 4.68 Å². The first-order valence-corrected chi connectivity index (χ1v) is 8.28. The predicted octanol–water partition coefficient (Wildman–Crippen LogP) is 3.29. The topological polar surface area (TPSA) is 80.9 Å². The maximum Gasteiger partial charge on any atom is 0.296 e. The number of aromatic amines is 1. The van der Waals surface area contributed by atoms with Gasteiger partial charge in [0.2, 0.25) is 4.77 Å². The van der Waals surface area contributed by atoms with Gasteiger partial charge in [-0.2, -0.15) is 20.0 Å². The van der Waals surface area contributed by atoms with Crippen LogP contribution in [0.25, 0.3) is 5.69 Å². The standard InChI is InChI=1S/C15H12Cl2N6OS/c1-8-12(7-18-23-14(24)9(2)19-20-15(23)25)13(17)22(21-8)11-5-3-4-10(16)6-11/h3-7H,1-2H3,(H,20,25)/b18-7-. The number of nitrogens with zero attached hydrogens (tertiary/aromatic N) is 5. The van der Waals surface area contributed by atoms with Gasteiger partial charge in [0.05, 0.1) is 23.2 Å². The van der Waals surface area contributed by atoms with Crippen LogP contribution in [0.1, 0.15) is 17.0 Å². The van der Waals surface area contributed by atoms with Crippen molar-refractivity contribution in [3.8, 4) is 5.69 Å². The Bertz CT molecular complexity index is 1100. The lowest BCUT2D eigenvalue weighted by atomic mass is 10.3. The third kappa shape index (κ3) is 3.41. The Labute approximate surface area is 157 Å². The molecule has 0 spiro atoms. The van der Waals surface area contributed by atoms with Crippen molar-refractivity contribution >= 4 is 41.6 Å². The average molecular weight is 395 g/mol. The summed E-state index contributed by atoms with van der Waals surface area (Å²) in [6.45, 7) is 3.35. The summed E-state index contributed by atoms with van der Waals surface area (Å²) in [4.78, 5) is 12.1. The first-order valence-electron chi connectivity index (χ1n) is 7.12. The molecule has 0 aliphatic heterocycles. The Morgan fingerprint density at radius 1 is 1.28 bits per heavy atom. The van der Waals surface area contributed by atoms with E-state index in [0.717, 1.165) is 10.4 Å². The van der Waals surface area contributed by atoms with Gasteiger partial charge < -0.3 is 0 Å². The molecule has 0 fully saturated rings. The van der Waals surface area contributed by atoms with Crippen LogP contribution in [0.5, 0.6) is 0 Å². The molecule has 2 aromatic heterocycles. The second-order valence-electron chi connectivity index (χ2n) is 5.16. The molecule has 0 bridgehead atoms. The van der Waals surface area contributed by atoms with Crippen LogP contribution >= 0.6 is 35.4 Å². The van der Waals surface area contributed by atoms with E-state index in [1.165, 1.54) is 6.21 Å². The van der Waals surface area contributed by atoms with Gasteiger partial charge in [0.25, 0.3) is 5.56 Å². The second kappa shape index (κ2) is 6.91. The number of nitrogens with one attached hydrogen (secondary N) is 1. The highest BCUT2D eigenvalue weighted by molar-refractivity contribution is 7.71. The lowest BCUT2D eigenvalue weighted by Gasteiger charge is -2.03. The van der Waals surface area contributed by atoms with Gasteiger partial charge in [-0.3, -0.25) is 9.89 Å². The predicted molar refractivity (Wildman–Crippen MR) is 99.7 cm³/mol. The molecule has 1 aromatic carbocycles. The Kier molecular flexibility index (Phi) is 4.85. The number of hydrogen-bond acceptors (Lipinski definition) is 5. The molecule has 3 aromatic rings. The van der Waals surface area contributed by atoms with Crippen molar-refractivity contribution in [2.75, 3.05) is 0 Å². The molecule has 128 valence electrons. The number of hydrogen-bond donors (Lipinski definition) is 1. The number of rotatable bonds is 3. The van der Waals surface area contributed by atoms with Crippen molar-refractivity contribution in [2.45, 2.75) is 13.8 Å². The van der Waals surface area contributed by atoms with E-state index in [1.54, 1.807) is 36.7 Å². The normalized spacial score (nSPS) is 11.4. The lowest BCUT2D eigenvalue weighted by molar-refractivity contribution is 0.720. The molecule has 0 radical (unpaired) electrons. The molecular formula is C15H12Cl2N6OS. The van der Waals surface area contributed by atoms with Gasteiger partial charge in [-0.05, 0) is 44.3 Å². The minimum absolute atomic E-state index is 0.0860. The molecule has 0 aliphatic rings. The van der Waals surface area contributed by atoms with Gasteiger partial charge in [0.15, 0.2) is 0 Å². The SMILES string of the molecule is Cc1nn(-c2cccc(Cl)c2)c(Cl)c1/C=N\n1c(=S)[nH]nc(C)c1=O. The molecule has 0 atom stereocenters. The number of halogens is 2. The van der Waals surface area contributed by atoms with Crippen LogP contribution < -0.4 is 5.56 Å². The molecule has 25 heavy (non-hydrogen) atoms. The van der Waals surface area contributed by atoms with E-state index in [-0.39, 0.29) is 10.5 Å². The van der Waals surface area contributed by atoms with Crippen LogP contribution in [-0.4, -0.2) is 30.9 Å². The average Bonchev–Trinajstić information content (AvgIpc) is 2.86. The zero-order valence-electron chi connectivity index (χ0n) is 13.2. The smallest absolute Gasteiger partial charge is 0.265 e. The van der Waals surface area contributed by atoms with Crippen molar-refractivity contribution in [3.05, 3.63) is 66.5 Å². The molecule has 1 N–H and O–H groups in total. The van der Waals surface area contributed by atoms with Crippen molar-refractivity contribution in [2.24, 2.45) is 5.10 Å². The number of H-pyrrole nitrogens is 1. The highest BCUT2D eigenvalue weighted by Gasteiger charge is 2.14. The summed E-state index contributed by atoms with van der Waals surface area (Å²) < 4.78 is 2.68. The largest absolute Gasteiger partial charge is 0.296 e. The Morgan fingerprint density at radius 3 is 2.76 bits per heavy atom. The van der Waals surface area contributed by atoms with Gasteiger partial charge >= 0.3 is 0 Å². The first-order chi connectivity index (χ1) is 11.9. The highest BCUT2D eigenvalue weighted by atomic mass is 35.5.